The molecule has 0 saturated carbocycles. The molecule has 0 bridgehead atoms. The molecular formula is C14H12FN3O2S. The fraction of sp³-hybridized carbons (Fsp3) is 0.0714. The van der Waals surface area contributed by atoms with E-state index in [9.17, 15) is 12.8 Å². The van der Waals surface area contributed by atoms with Crippen LogP contribution in [0.4, 0.5) is 4.39 Å². The van der Waals surface area contributed by atoms with Crippen LogP contribution < -0.4 is 4.72 Å². The quantitative estimate of drug-likeness (QED) is 0.776. The van der Waals surface area contributed by atoms with E-state index in [0.29, 0.717) is 0 Å². The highest BCUT2D eigenvalue weighted by atomic mass is 32.2. The summed E-state index contributed by atoms with van der Waals surface area (Å²) in [6.07, 6.45) is 1.58. The van der Waals surface area contributed by atoms with E-state index in [4.69, 9.17) is 0 Å². The van der Waals surface area contributed by atoms with E-state index in [-0.39, 0.29) is 11.4 Å². The zero-order chi connectivity index (χ0) is 14.9. The minimum Gasteiger partial charge on any atom is -0.345 e. The molecule has 7 heteroatoms. The third kappa shape index (κ3) is 2.93. The minimum atomic E-state index is -3.66. The average Bonchev–Trinajstić information content (AvgIpc) is 2.93. The standard InChI is InChI=1S/C14H12FN3O2S/c15-11-2-4-12(5-3-11)21(19,20)18-8-10-1-6-13-14(7-10)17-9-16-13/h1-7,9,18H,8H2,(H,16,17). The van der Waals surface area contributed by atoms with E-state index in [2.05, 4.69) is 14.7 Å². The number of halogens is 1. The number of rotatable bonds is 4. The normalized spacial score (nSPS) is 11.9. The van der Waals surface area contributed by atoms with Gasteiger partial charge in [-0.25, -0.2) is 22.5 Å². The highest BCUT2D eigenvalue weighted by molar-refractivity contribution is 7.89. The van der Waals surface area contributed by atoms with Gasteiger partial charge in [0.15, 0.2) is 0 Å². The molecule has 0 amide bonds. The van der Waals surface area contributed by atoms with Gasteiger partial charge >= 0.3 is 0 Å². The van der Waals surface area contributed by atoms with Gasteiger partial charge in [0.05, 0.1) is 22.3 Å². The van der Waals surface area contributed by atoms with Gasteiger partial charge in [-0.2, -0.15) is 0 Å². The monoisotopic (exact) mass is 305 g/mol. The van der Waals surface area contributed by atoms with Gasteiger partial charge in [-0.3, -0.25) is 0 Å². The Morgan fingerprint density at radius 2 is 1.90 bits per heavy atom. The summed E-state index contributed by atoms with van der Waals surface area (Å²) in [5, 5.41) is 0. The van der Waals surface area contributed by atoms with E-state index in [1.807, 2.05) is 12.1 Å². The second-order valence-corrected chi connectivity index (χ2v) is 6.30. The van der Waals surface area contributed by atoms with Crippen molar-refractivity contribution in [2.75, 3.05) is 0 Å². The van der Waals surface area contributed by atoms with Crippen LogP contribution in [0.1, 0.15) is 5.56 Å². The Labute approximate surface area is 120 Å². The van der Waals surface area contributed by atoms with Crippen molar-refractivity contribution in [2.24, 2.45) is 0 Å². The first-order valence-corrected chi connectivity index (χ1v) is 7.70. The summed E-state index contributed by atoms with van der Waals surface area (Å²) in [7, 11) is -3.66. The number of nitrogens with zero attached hydrogens (tertiary/aromatic N) is 1. The van der Waals surface area contributed by atoms with Gasteiger partial charge in [0, 0.05) is 6.54 Å². The molecule has 2 N–H and O–H groups in total. The first-order chi connectivity index (χ1) is 10.0. The number of sulfonamides is 1. The number of hydrogen-bond acceptors (Lipinski definition) is 3. The van der Waals surface area contributed by atoms with Crippen LogP contribution in [-0.4, -0.2) is 18.4 Å². The minimum absolute atomic E-state index is 0.0322. The maximum atomic E-state index is 12.8. The Morgan fingerprint density at radius 3 is 2.67 bits per heavy atom. The molecule has 3 rings (SSSR count). The number of H-pyrrole nitrogens is 1. The topological polar surface area (TPSA) is 74.8 Å². The highest BCUT2D eigenvalue weighted by Gasteiger charge is 2.13. The van der Waals surface area contributed by atoms with Crippen LogP contribution in [0.25, 0.3) is 11.0 Å². The second-order valence-electron chi connectivity index (χ2n) is 4.53. The summed E-state index contributed by atoms with van der Waals surface area (Å²) in [6.45, 7) is 0.141. The predicted octanol–water partition coefficient (Wildman–Crippen LogP) is 2.18. The summed E-state index contributed by atoms with van der Waals surface area (Å²) in [5.74, 6) is -0.474. The van der Waals surface area contributed by atoms with E-state index in [1.54, 1.807) is 12.4 Å². The number of benzene rings is 2. The highest BCUT2D eigenvalue weighted by Crippen LogP contribution is 2.13. The lowest BCUT2D eigenvalue weighted by Gasteiger charge is -2.07. The third-order valence-electron chi connectivity index (χ3n) is 3.08. The molecule has 1 heterocycles. The lowest BCUT2D eigenvalue weighted by molar-refractivity contribution is 0.580. The SMILES string of the molecule is O=S(=O)(NCc1ccc2[nH]cnc2c1)c1ccc(F)cc1. The molecule has 0 aliphatic carbocycles. The van der Waals surface area contributed by atoms with Crippen molar-refractivity contribution in [3.63, 3.8) is 0 Å². The van der Waals surface area contributed by atoms with Crippen molar-refractivity contribution in [1.82, 2.24) is 14.7 Å². The predicted molar refractivity (Wildman–Crippen MR) is 76.5 cm³/mol. The summed E-state index contributed by atoms with van der Waals surface area (Å²) in [6, 6.07) is 10.1. The Morgan fingerprint density at radius 1 is 1.14 bits per heavy atom. The molecule has 5 nitrogen and oxygen atoms in total. The van der Waals surface area contributed by atoms with Gasteiger partial charge in [-0.15, -0.1) is 0 Å². The van der Waals surface area contributed by atoms with Crippen LogP contribution >= 0.6 is 0 Å². The molecule has 0 saturated heterocycles. The maximum absolute atomic E-state index is 12.8. The largest absolute Gasteiger partial charge is 0.345 e. The van der Waals surface area contributed by atoms with E-state index >= 15 is 0 Å². The van der Waals surface area contributed by atoms with Gasteiger partial charge in [-0.05, 0) is 42.0 Å². The molecule has 0 spiro atoms. The lowest BCUT2D eigenvalue weighted by atomic mass is 10.2. The molecule has 3 aromatic rings. The van der Waals surface area contributed by atoms with Gasteiger partial charge in [0.1, 0.15) is 5.82 Å². The van der Waals surface area contributed by atoms with Gasteiger partial charge in [0.2, 0.25) is 10.0 Å². The molecule has 0 aliphatic rings. The summed E-state index contributed by atoms with van der Waals surface area (Å²) in [5.41, 5.74) is 2.45. The average molecular weight is 305 g/mol. The Balaban J connectivity index is 1.78. The molecule has 1 aromatic heterocycles. The molecule has 108 valence electrons. The van der Waals surface area contributed by atoms with Crippen LogP contribution in [0.3, 0.4) is 0 Å². The number of nitrogens with one attached hydrogen (secondary N) is 2. The number of aromatic nitrogens is 2. The summed E-state index contributed by atoms with van der Waals surface area (Å²) < 4.78 is 39.4. The smallest absolute Gasteiger partial charge is 0.240 e. The van der Waals surface area contributed by atoms with Gasteiger partial charge < -0.3 is 4.98 Å². The van der Waals surface area contributed by atoms with Crippen molar-refractivity contribution in [1.29, 1.82) is 0 Å². The fourth-order valence-electron chi connectivity index (χ4n) is 1.96. The van der Waals surface area contributed by atoms with Crippen molar-refractivity contribution in [3.8, 4) is 0 Å². The van der Waals surface area contributed by atoms with Crippen LogP contribution in [0.5, 0.6) is 0 Å². The van der Waals surface area contributed by atoms with E-state index in [0.717, 1.165) is 28.7 Å². The van der Waals surface area contributed by atoms with Crippen LogP contribution in [0.15, 0.2) is 53.7 Å². The zero-order valence-electron chi connectivity index (χ0n) is 10.9. The molecule has 0 aliphatic heterocycles. The van der Waals surface area contributed by atoms with Crippen LogP contribution in [-0.2, 0) is 16.6 Å². The summed E-state index contributed by atoms with van der Waals surface area (Å²) in [4.78, 5) is 7.11. The van der Waals surface area contributed by atoms with Gasteiger partial charge in [0.25, 0.3) is 0 Å². The van der Waals surface area contributed by atoms with Crippen molar-refractivity contribution in [3.05, 3.63) is 60.2 Å². The van der Waals surface area contributed by atoms with Crippen LogP contribution in [0, 0.1) is 5.82 Å². The molecular weight excluding hydrogens is 293 g/mol. The Bertz CT molecular complexity index is 873. The number of imidazole rings is 1. The molecule has 2 aromatic carbocycles. The van der Waals surface area contributed by atoms with Crippen molar-refractivity contribution >= 4 is 21.1 Å². The lowest BCUT2D eigenvalue weighted by Crippen LogP contribution is -2.23. The van der Waals surface area contributed by atoms with Gasteiger partial charge in [-0.1, -0.05) is 6.07 Å². The Kier molecular flexibility index (Phi) is 3.44. The zero-order valence-corrected chi connectivity index (χ0v) is 11.7. The van der Waals surface area contributed by atoms with Crippen LogP contribution in [0.2, 0.25) is 0 Å². The van der Waals surface area contributed by atoms with Crippen molar-refractivity contribution in [2.45, 2.75) is 11.4 Å². The molecule has 0 unspecified atom stereocenters. The number of fused-ring (bicyclic) bond motifs is 1. The second kappa shape index (κ2) is 5.27. The molecule has 0 fully saturated rings. The number of aromatic amines is 1. The summed E-state index contributed by atoms with van der Waals surface area (Å²) >= 11 is 0. The van der Waals surface area contributed by atoms with E-state index in [1.165, 1.54) is 12.1 Å². The first kappa shape index (κ1) is 13.7. The van der Waals surface area contributed by atoms with E-state index < -0.39 is 15.8 Å². The maximum Gasteiger partial charge on any atom is 0.240 e. The molecule has 21 heavy (non-hydrogen) atoms. The number of hydrogen-bond donors (Lipinski definition) is 2. The van der Waals surface area contributed by atoms with Crippen molar-refractivity contribution < 1.29 is 12.8 Å². The molecule has 0 atom stereocenters. The third-order valence-corrected chi connectivity index (χ3v) is 4.49. The molecule has 0 radical (unpaired) electrons. The first-order valence-electron chi connectivity index (χ1n) is 6.22. The Hall–Kier alpha value is -2.25. The fourth-order valence-corrected chi connectivity index (χ4v) is 2.98.